The average Bonchev–Trinajstić information content (AvgIpc) is 3.69. The number of carbonyl (C=O) groups is 2. The highest BCUT2D eigenvalue weighted by Gasteiger charge is 2.36. The Bertz CT molecular complexity index is 1800. The van der Waals surface area contributed by atoms with Gasteiger partial charge in [0.05, 0.1) is 27.7 Å². The second kappa shape index (κ2) is 8.41. The number of benzene rings is 3. The molecular weight excluding hydrogens is 474 g/mol. The van der Waals surface area contributed by atoms with Crippen LogP contribution in [0.25, 0.3) is 43.6 Å². The van der Waals surface area contributed by atoms with Crippen LogP contribution in [0.1, 0.15) is 57.5 Å². The molecule has 3 aliphatic heterocycles. The van der Waals surface area contributed by atoms with E-state index in [0.717, 1.165) is 77.0 Å². The Morgan fingerprint density at radius 2 is 1.71 bits per heavy atom. The molecule has 8 rings (SSSR count). The van der Waals surface area contributed by atoms with E-state index in [4.69, 9.17) is 0 Å². The van der Waals surface area contributed by atoms with Gasteiger partial charge >= 0.3 is 0 Å². The molecule has 2 amide bonds. The number of H-pyrrole nitrogens is 1. The van der Waals surface area contributed by atoms with E-state index in [1.807, 2.05) is 0 Å². The molecule has 0 unspecified atom stereocenters. The van der Waals surface area contributed by atoms with Crippen LogP contribution in [0.5, 0.6) is 0 Å². The second-order valence-corrected chi connectivity index (χ2v) is 11.2. The van der Waals surface area contributed by atoms with Crippen LogP contribution in [0.4, 0.5) is 0 Å². The minimum absolute atomic E-state index is 0.287. The summed E-state index contributed by atoms with van der Waals surface area (Å²) >= 11 is 0. The van der Waals surface area contributed by atoms with E-state index in [1.165, 1.54) is 49.1 Å². The molecule has 5 aromatic rings. The van der Waals surface area contributed by atoms with E-state index in [1.54, 1.807) is 0 Å². The summed E-state index contributed by atoms with van der Waals surface area (Å²) in [5.74, 6) is -0.585. The summed E-state index contributed by atoms with van der Waals surface area (Å²) in [4.78, 5) is 32.6. The number of fused-ring (bicyclic) bond motifs is 10. The summed E-state index contributed by atoms with van der Waals surface area (Å²) in [5.41, 5.74) is 7.78. The van der Waals surface area contributed by atoms with Crippen LogP contribution in [-0.2, 0) is 19.5 Å². The Morgan fingerprint density at radius 1 is 0.868 bits per heavy atom. The van der Waals surface area contributed by atoms with Crippen molar-refractivity contribution in [1.82, 2.24) is 25.1 Å². The molecule has 7 heteroatoms. The molecule has 3 aromatic carbocycles. The van der Waals surface area contributed by atoms with Crippen LogP contribution >= 0.6 is 0 Å². The maximum absolute atomic E-state index is 13.2. The molecule has 0 bridgehead atoms. The van der Waals surface area contributed by atoms with E-state index in [2.05, 4.69) is 61.5 Å². The Balaban J connectivity index is 1.25. The lowest BCUT2D eigenvalue weighted by molar-refractivity contribution is 0.0880. The van der Waals surface area contributed by atoms with Crippen molar-refractivity contribution in [1.29, 1.82) is 0 Å². The summed E-state index contributed by atoms with van der Waals surface area (Å²) in [7, 11) is 0. The number of para-hydroxylation sites is 1. The zero-order valence-corrected chi connectivity index (χ0v) is 21.5. The fourth-order valence-corrected chi connectivity index (χ4v) is 7.24. The Labute approximate surface area is 220 Å². The number of hydrogen-bond acceptors (Lipinski definition) is 4. The zero-order chi connectivity index (χ0) is 25.4. The highest BCUT2D eigenvalue weighted by atomic mass is 16.2. The Hall–Kier alpha value is -3.68. The van der Waals surface area contributed by atoms with Gasteiger partial charge in [-0.05, 0) is 75.5 Å². The van der Waals surface area contributed by atoms with Gasteiger partial charge in [0, 0.05) is 40.2 Å². The van der Waals surface area contributed by atoms with Gasteiger partial charge in [0.2, 0.25) is 0 Å². The smallest absolute Gasteiger partial charge is 0.259 e. The minimum atomic E-state index is -0.298. The van der Waals surface area contributed by atoms with E-state index in [9.17, 15) is 9.59 Å². The van der Waals surface area contributed by atoms with Crippen molar-refractivity contribution in [2.24, 2.45) is 0 Å². The summed E-state index contributed by atoms with van der Waals surface area (Å²) < 4.78 is 2.38. The van der Waals surface area contributed by atoms with Gasteiger partial charge in [-0.2, -0.15) is 0 Å². The van der Waals surface area contributed by atoms with Gasteiger partial charge in [-0.25, -0.2) is 0 Å². The number of likely N-dealkylation sites (tertiary alicyclic amines) is 1. The van der Waals surface area contributed by atoms with E-state index < -0.39 is 0 Å². The largest absolute Gasteiger partial charge is 0.353 e. The first-order valence-electron chi connectivity index (χ1n) is 14.0. The molecule has 0 atom stereocenters. The second-order valence-electron chi connectivity index (χ2n) is 11.2. The molecule has 0 spiro atoms. The van der Waals surface area contributed by atoms with Gasteiger partial charge in [-0.15, -0.1) is 0 Å². The molecule has 2 aromatic heterocycles. The van der Waals surface area contributed by atoms with Crippen molar-refractivity contribution in [3.63, 3.8) is 0 Å². The predicted molar refractivity (Wildman–Crippen MR) is 151 cm³/mol. The number of imide groups is 1. The van der Waals surface area contributed by atoms with Crippen LogP contribution < -0.4 is 10.6 Å². The quantitative estimate of drug-likeness (QED) is 0.228. The number of aryl methyl sites for hydroxylation is 2. The maximum Gasteiger partial charge on any atom is 0.259 e. The molecule has 3 aliphatic rings. The monoisotopic (exact) mass is 505 g/mol. The molecule has 7 nitrogen and oxygen atoms in total. The molecule has 0 saturated carbocycles. The third-order valence-corrected chi connectivity index (χ3v) is 8.88. The SMILES string of the molecule is O=C1NC(=O)c2c1c1c3ccc(CNCCCN4CCCC4)cc3[nH]c1c1c2c2cccc3c2n1CCC3. The Kier molecular flexibility index (Phi) is 4.94. The Morgan fingerprint density at radius 3 is 2.58 bits per heavy atom. The average molecular weight is 506 g/mol. The number of nitrogens with one attached hydrogen (secondary N) is 3. The van der Waals surface area contributed by atoms with Crippen LogP contribution in [0.15, 0.2) is 36.4 Å². The first-order chi connectivity index (χ1) is 18.7. The standard InChI is InChI=1S/C31H31N5O2/c37-30-25-23-20-10-9-18(17-32-11-5-14-35-12-1-2-13-35)16-22(20)33-27(23)29-24(26(25)31(38)34-30)21-8-3-6-19-7-4-15-36(29)28(19)21/h3,6,8-10,16,32-33H,1-2,4-5,7,11-15,17H2,(H,34,37,38). The number of nitrogens with zero attached hydrogens (tertiary/aromatic N) is 2. The third-order valence-electron chi connectivity index (χ3n) is 8.88. The fraction of sp³-hybridized carbons (Fsp3) is 0.355. The number of aromatic nitrogens is 2. The van der Waals surface area contributed by atoms with Crippen LogP contribution in [-0.4, -0.2) is 52.4 Å². The maximum atomic E-state index is 13.2. The number of aromatic amines is 1. The minimum Gasteiger partial charge on any atom is -0.353 e. The van der Waals surface area contributed by atoms with Crippen molar-refractivity contribution in [2.75, 3.05) is 26.2 Å². The number of carbonyl (C=O) groups excluding carboxylic acids is 2. The van der Waals surface area contributed by atoms with Crippen LogP contribution in [0, 0.1) is 0 Å². The highest BCUT2D eigenvalue weighted by Crippen LogP contribution is 2.45. The van der Waals surface area contributed by atoms with Gasteiger partial charge in [0.15, 0.2) is 0 Å². The summed E-state index contributed by atoms with van der Waals surface area (Å²) in [6, 6.07) is 12.8. The third kappa shape index (κ3) is 3.15. The molecule has 5 heterocycles. The lowest BCUT2D eigenvalue weighted by Crippen LogP contribution is -2.24. The lowest BCUT2D eigenvalue weighted by Gasteiger charge is -2.16. The number of amides is 2. The van der Waals surface area contributed by atoms with Crippen molar-refractivity contribution in [3.8, 4) is 0 Å². The highest BCUT2D eigenvalue weighted by molar-refractivity contribution is 6.39. The van der Waals surface area contributed by atoms with Gasteiger partial charge < -0.3 is 19.8 Å². The summed E-state index contributed by atoms with van der Waals surface area (Å²) in [6.07, 6.45) is 5.93. The predicted octanol–water partition coefficient (Wildman–Crippen LogP) is 4.83. The van der Waals surface area contributed by atoms with Crippen molar-refractivity contribution in [3.05, 3.63) is 58.7 Å². The van der Waals surface area contributed by atoms with E-state index >= 15 is 0 Å². The fourth-order valence-electron chi connectivity index (χ4n) is 7.24. The van der Waals surface area contributed by atoms with E-state index in [0.29, 0.717) is 11.1 Å². The lowest BCUT2D eigenvalue weighted by atomic mass is 9.96. The molecule has 1 fully saturated rings. The van der Waals surface area contributed by atoms with Crippen LogP contribution in [0.3, 0.4) is 0 Å². The van der Waals surface area contributed by atoms with Gasteiger partial charge in [-0.1, -0.05) is 30.3 Å². The molecule has 1 saturated heterocycles. The summed E-state index contributed by atoms with van der Waals surface area (Å²) in [5, 5.41) is 10.0. The number of rotatable bonds is 6. The first kappa shape index (κ1) is 22.3. The molecule has 3 N–H and O–H groups in total. The molecule has 0 aliphatic carbocycles. The van der Waals surface area contributed by atoms with Crippen molar-refractivity contribution in [2.45, 2.75) is 45.2 Å². The molecule has 38 heavy (non-hydrogen) atoms. The van der Waals surface area contributed by atoms with Gasteiger partial charge in [0.1, 0.15) is 0 Å². The van der Waals surface area contributed by atoms with Gasteiger partial charge in [0.25, 0.3) is 11.8 Å². The molecule has 0 radical (unpaired) electrons. The first-order valence-corrected chi connectivity index (χ1v) is 14.0. The molecular formula is C31H31N5O2. The zero-order valence-electron chi connectivity index (χ0n) is 21.5. The molecule has 192 valence electrons. The van der Waals surface area contributed by atoms with Crippen molar-refractivity contribution >= 4 is 55.4 Å². The normalized spacial score (nSPS) is 17.5. The topological polar surface area (TPSA) is 82.2 Å². The van der Waals surface area contributed by atoms with Crippen molar-refractivity contribution < 1.29 is 9.59 Å². The van der Waals surface area contributed by atoms with Crippen LogP contribution in [0.2, 0.25) is 0 Å². The van der Waals surface area contributed by atoms with E-state index in [-0.39, 0.29) is 11.8 Å². The summed E-state index contributed by atoms with van der Waals surface area (Å²) in [6.45, 7) is 6.38. The van der Waals surface area contributed by atoms with Gasteiger partial charge in [-0.3, -0.25) is 14.9 Å². The number of hydrogen-bond donors (Lipinski definition) is 3.